The third-order valence-electron chi connectivity index (χ3n) is 6.63. The van der Waals surface area contributed by atoms with Crippen molar-refractivity contribution in [3.05, 3.63) is 94.1 Å². The first-order valence-corrected chi connectivity index (χ1v) is 13.2. The van der Waals surface area contributed by atoms with E-state index in [1.54, 1.807) is 23.1 Å². The van der Waals surface area contributed by atoms with Gasteiger partial charge in [-0.25, -0.2) is 0 Å². The summed E-state index contributed by atoms with van der Waals surface area (Å²) in [5.74, 6) is 1.22. The van der Waals surface area contributed by atoms with Gasteiger partial charge in [-0.15, -0.1) is 0 Å². The molecule has 196 valence electrons. The molecule has 2 heterocycles. The number of carbonyl (C=O) groups is 1. The van der Waals surface area contributed by atoms with Gasteiger partial charge in [-0.3, -0.25) is 9.89 Å². The Bertz CT molecular complexity index is 1430. The number of unbranched alkanes of at least 4 members (excludes halogenated alkanes) is 1. The first-order chi connectivity index (χ1) is 18.5. The minimum atomic E-state index is -0.467. The van der Waals surface area contributed by atoms with Crippen LogP contribution in [-0.2, 0) is 6.54 Å². The van der Waals surface area contributed by atoms with Gasteiger partial charge in [0.15, 0.2) is 11.5 Å². The molecule has 38 heavy (non-hydrogen) atoms. The number of benzene rings is 3. The Labute approximate surface area is 227 Å². The van der Waals surface area contributed by atoms with E-state index in [0.717, 1.165) is 24.0 Å². The number of rotatable bonds is 10. The number of aromatic hydroxyl groups is 1. The smallest absolute Gasteiger partial charge is 0.273 e. The molecule has 1 atom stereocenters. The Morgan fingerprint density at radius 2 is 1.82 bits per heavy atom. The summed E-state index contributed by atoms with van der Waals surface area (Å²) in [5, 5.41) is 18.7. The minimum absolute atomic E-state index is 0.0961. The van der Waals surface area contributed by atoms with E-state index in [2.05, 4.69) is 17.1 Å². The van der Waals surface area contributed by atoms with Gasteiger partial charge in [-0.1, -0.05) is 55.3 Å². The summed E-state index contributed by atoms with van der Waals surface area (Å²) in [7, 11) is 0. The van der Waals surface area contributed by atoms with Gasteiger partial charge >= 0.3 is 0 Å². The molecule has 0 spiro atoms. The maximum Gasteiger partial charge on any atom is 0.273 e. The summed E-state index contributed by atoms with van der Waals surface area (Å²) in [6, 6.07) is 19.8. The number of amides is 1. The number of H-pyrrole nitrogens is 1. The van der Waals surface area contributed by atoms with Gasteiger partial charge in [0.25, 0.3) is 5.91 Å². The molecule has 1 aliphatic heterocycles. The van der Waals surface area contributed by atoms with Crippen molar-refractivity contribution in [2.75, 3.05) is 13.2 Å². The number of nitrogens with zero attached hydrogens (tertiary/aromatic N) is 2. The van der Waals surface area contributed by atoms with Crippen LogP contribution >= 0.6 is 11.6 Å². The van der Waals surface area contributed by atoms with E-state index >= 15 is 0 Å². The summed E-state index contributed by atoms with van der Waals surface area (Å²) in [6.45, 7) is 5.49. The van der Waals surface area contributed by atoms with E-state index < -0.39 is 6.04 Å². The van der Waals surface area contributed by atoms with Crippen molar-refractivity contribution in [1.29, 1.82) is 0 Å². The van der Waals surface area contributed by atoms with Crippen LogP contribution in [0, 0.1) is 0 Å². The first-order valence-electron chi connectivity index (χ1n) is 12.8. The molecule has 7 nitrogen and oxygen atoms in total. The second kappa shape index (κ2) is 11.2. The molecule has 0 saturated heterocycles. The zero-order valence-corrected chi connectivity index (χ0v) is 22.2. The molecule has 8 heteroatoms. The van der Waals surface area contributed by atoms with Crippen molar-refractivity contribution in [2.24, 2.45) is 0 Å². The van der Waals surface area contributed by atoms with Crippen LogP contribution in [0.4, 0.5) is 0 Å². The second-order valence-electron chi connectivity index (χ2n) is 9.18. The summed E-state index contributed by atoms with van der Waals surface area (Å²) in [6.07, 6.45) is 1.98. The van der Waals surface area contributed by atoms with E-state index in [1.165, 1.54) is 0 Å². The van der Waals surface area contributed by atoms with Crippen LogP contribution in [0.5, 0.6) is 17.2 Å². The van der Waals surface area contributed by atoms with E-state index in [1.807, 2.05) is 55.5 Å². The Morgan fingerprint density at radius 3 is 2.55 bits per heavy atom. The highest BCUT2D eigenvalue weighted by molar-refractivity contribution is 6.30. The van der Waals surface area contributed by atoms with Gasteiger partial charge in [0.05, 0.1) is 19.3 Å². The van der Waals surface area contributed by atoms with Crippen LogP contribution in [0.1, 0.15) is 59.9 Å². The van der Waals surface area contributed by atoms with Gasteiger partial charge in [-0.2, -0.15) is 5.10 Å². The zero-order chi connectivity index (χ0) is 26.6. The molecule has 2 N–H and O–H groups in total. The number of hydrogen-bond acceptors (Lipinski definition) is 5. The molecular weight excluding hydrogens is 502 g/mol. The maximum atomic E-state index is 13.7. The third kappa shape index (κ3) is 4.94. The standard InChI is InChI=1S/C30H30ClN3O4/c1-3-5-16-38-24-15-12-20(17-25(24)37-4-2)29-26-27(22-8-6-7-9-23(22)35)32-33-28(26)30(36)34(29)18-19-10-13-21(31)14-11-19/h6-15,17,29,35H,3-5,16,18H2,1-2H3,(H,32,33). The largest absolute Gasteiger partial charge is 0.507 e. The van der Waals surface area contributed by atoms with E-state index in [-0.39, 0.29) is 11.7 Å². The Balaban J connectivity index is 1.62. The van der Waals surface area contributed by atoms with Crippen molar-refractivity contribution in [1.82, 2.24) is 15.1 Å². The van der Waals surface area contributed by atoms with Crippen molar-refractivity contribution in [2.45, 2.75) is 39.3 Å². The third-order valence-corrected chi connectivity index (χ3v) is 6.88. The number of ether oxygens (including phenoxy) is 2. The summed E-state index contributed by atoms with van der Waals surface area (Å²) >= 11 is 6.10. The molecule has 1 aliphatic rings. The highest BCUT2D eigenvalue weighted by Gasteiger charge is 2.42. The van der Waals surface area contributed by atoms with Crippen LogP contribution in [0.3, 0.4) is 0 Å². The average molecular weight is 532 g/mol. The van der Waals surface area contributed by atoms with Crippen molar-refractivity contribution in [3.63, 3.8) is 0 Å². The molecule has 0 saturated carbocycles. The molecule has 4 aromatic rings. The van der Waals surface area contributed by atoms with E-state index in [0.29, 0.717) is 58.8 Å². The number of carbonyl (C=O) groups excluding carboxylic acids is 1. The van der Waals surface area contributed by atoms with E-state index in [4.69, 9.17) is 21.1 Å². The first kappa shape index (κ1) is 25.7. The molecule has 0 aliphatic carbocycles. The Kier molecular flexibility index (Phi) is 7.56. The molecule has 1 unspecified atom stereocenters. The average Bonchev–Trinajstić information content (AvgIpc) is 3.46. The lowest BCUT2D eigenvalue weighted by Gasteiger charge is -2.27. The van der Waals surface area contributed by atoms with Crippen molar-refractivity contribution >= 4 is 17.5 Å². The van der Waals surface area contributed by atoms with Gasteiger partial charge in [-0.05, 0) is 60.9 Å². The van der Waals surface area contributed by atoms with E-state index in [9.17, 15) is 9.90 Å². The number of hydrogen-bond donors (Lipinski definition) is 2. The quantitative estimate of drug-likeness (QED) is 0.221. The Morgan fingerprint density at radius 1 is 1.03 bits per heavy atom. The lowest BCUT2D eigenvalue weighted by atomic mass is 9.95. The fourth-order valence-electron chi connectivity index (χ4n) is 4.78. The number of para-hydroxylation sites is 1. The van der Waals surface area contributed by atoms with Crippen LogP contribution in [0.2, 0.25) is 5.02 Å². The number of phenolic OH excluding ortho intramolecular Hbond substituents is 1. The molecule has 1 amide bonds. The van der Waals surface area contributed by atoms with Gasteiger partial charge in [0.2, 0.25) is 0 Å². The summed E-state index contributed by atoms with van der Waals surface area (Å²) < 4.78 is 12.0. The van der Waals surface area contributed by atoms with Crippen LogP contribution < -0.4 is 9.47 Å². The highest BCUT2D eigenvalue weighted by atomic mass is 35.5. The molecule has 0 bridgehead atoms. The van der Waals surface area contributed by atoms with Crippen LogP contribution in [0.15, 0.2) is 66.7 Å². The molecule has 5 rings (SSSR count). The lowest BCUT2D eigenvalue weighted by Crippen LogP contribution is -2.29. The van der Waals surface area contributed by atoms with Crippen molar-refractivity contribution in [3.8, 4) is 28.5 Å². The second-order valence-corrected chi connectivity index (χ2v) is 9.62. The number of fused-ring (bicyclic) bond motifs is 1. The van der Waals surface area contributed by atoms with Crippen molar-refractivity contribution < 1.29 is 19.4 Å². The summed E-state index contributed by atoms with van der Waals surface area (Å²) in [5.41, 5.74) is 4.02. The predicted octanol–water partition coefficient (Wildman–Crippen LogP) is 6.76. The molecule has 3 aromatic carbocycles. The normalized spacial score (nSPS) is 14.6. The van der Waals surface area contributed by atoms with Gasteiger partial charge in [0.1, 0.15) is 17.1 Å². The number of aromatic nitrogens is 2. The number of phenols is 1. The molecule has 1 aromatic heterocycles. The SMILES string of the molecule is CCCCOc1ccc(C2c3c(-c4ccccc4O)n[nH]c3C(=O)N2Cc2ccc(Cl)cc2)cc1OCC. The fourth-order valence-corrected chi connectivity index (χ4v) is 4.91. The topological polar surface area (TPSA) is 87.7 Å². The zero-order valence-electron chi connectivity index (χ0n) is 21.4. The van der Waals surface area contributed by atoms with Crippen LogP contribution in [-0.4, -0.2) is 39.3 Å². The Hall–Kier alpha value is -3.97. The highest BCUT2D eigenvalue weighted by Crippen LogP contribution is 2.46. The molecular formula is C30H30ClN3O4. The molecule has 0 fully saturated rings. The van der Waals surface area contributed by atoms with Gasteiger partial charge < -0.3 is 19.5 Å². The summed E-state index contributed by atoms with van der Waals surface area (Å²) in [4.78, 5) is 15.5. The number of nitrogens with one attached hydrogen (secondary N) is 1. The lowest BCUT2D eigenvalue weighted by molar-refractivity contribution is 0.0729. The van der Waals surface area contributed by atoms with Gasteiger partial charge in [0, 0.05) is 22.7 Å². The van der Waals surface area contributed by atoms with Crippen LogP contribution in [0.25, 0.3) is 11.3 Å². The maximum absolute atomic E-state index is 13.7. The number of aromatic amines is 1. The predicted molar refractivity (Wildman–Crippen MR) is 147 cm³/mol. The number of halogens is 1. The molecule has 0 radical (unpaired) electrons. The minimum Gasteiger partial charge on any atom is -0.507 e. The monoisotopic (exact) mass is 531 g/mol. The fraction of sp³-hybridized carbons (Fsp3) is 0.267.